The van der Waals surface area contributed by atoms with Crippen LogP contribution in [0.15, 0.2) is 36.4 Å². The summed E-state index contributed by atoms with van der Waals surface area (Å²) < 4.78 is 5.19. The number of para-hydroxylation sites is 1. The van der Waals surface area contributed by atoms with Crippen LogP contribution in [0.2, 0.25) is 0 Å². The number of likely N-dealkylation sites (tertiary alicyclic amines) is 1. The first-order chi connectivity index (χ1) is 13.8. The summed E-state index contributed by atoms with van der Waals surface area (Å²) in [6.07, 6.45) is 3.51. The third-order valence-electron chi connectivity index (χ3n) is 5.24. The zero-order valence-electron chi connectivity index (χ0n) is 16.1. The van der Waals surface area contributed by atoms with Gasteiger partial charge in [0.15, 0.2) is 6.10 Å². The van der Waals surface area contributed by atoms with Crippen LogP contribution in [0.3, 0.4) is 0 Å². The highest BCUT2D eigenvalue weighted by Gasteiger charge is 2.50. The number of nitrogens with one attached hydrogen (secondary N) is 1. The van der Waals surface area contributed by atoms with Crippen molar-refractivity contribution >= 4 is 29.4 Å². The van der Waals surface area contributed by atoms with Crippen molar-refractivity contribution in [3.05, 3.63) is 42.0 Å². The summed E-state index contributed by atoms with van der Waals surface area (Å²) in [4.78, 5) is 51.0. The lowest BCUT2D eigenvalue weighted by atomic mass is 9.85. The second-order valence-corrected chi connectivity index (χ2v) is 7.10. The third-order valence-corrected chi connectivity index (χ3v) is 5.24. The van der Waals surface area contributed by atoms with Crippen LogP contribution in [-0.4, -0.2) is 40.7 Å². The summed E-state index contributed by atoms with van der Waals surface area (Å²) in [7, 11) is 0. The number of carbonyl (C=O) groups is 4. The molecule has 0 radical (unpaired) electrons. The molecule has 1 aromatic carbocycles. The molecule has 0 bridgehead atoms. The number of rotatable bonds is 5. The molecule has 0 unspecified atom stereocenters. The zero-order chi connectivity index (χ0) is 21.1. The average molecular weight is 395 g/mol. The lowest BCUT2D eigenvalue weighted by molar-refractivity contribution is -0.163. The molecule has 29 heavy (non-hydrogen) atoms. The first-order valence-electron chi connectivity index (χ1n) is 9.37. The van der Waals surface area contributed by atoms with E-state index in [9.17, 15) is 19.2 Å². The molecule has 1 fully saturated rings. The molecule has 1 N–H and O–H groups in total. The van der Waals surface area contributed by atoms with Gasteiger partial charge in [0.1, 0.15) is 12.1 Å². The van der Waals surface area contributed by atoms with E-state index >= 15 is 0 Å². The maximum atomic E-state index is 12.6. The van der Waals surface area contributed by atoms with Crippen molar-refractivity contribution in [2.45, 2.75) is 38.8 Å². The molecule has 3 rings (SSSR count). The number of anilines is 1. The van der Waals surface area contributed by atoms with Crippen molar-refractivity contribution in [2.24, 2.45) is 11.8 Å². The maximum Gasteiger partial charge on any atom is 0.329 e. The number of esters is 1. The van der Waals surface area contributed by atoms with Gasteiger partial charge >= 0.3 is 5.97 Å². The quantitative estimate of drug-likeness (QED) is 0.461. The van der Waals surface area contributed by atoms with Crippen LogP contribution in [0.1, 0.15) is 32.3 Å². The summed E-state index contributed by atoms with van der Waals surface area (Å²) in [5.41, 5.74) is 0.578. The second kappa shape index (κ2) is 8.27. The predicted molar refractivity (Wildman–Crippen MR) is 102 cm³/mol. The fraction of sp³-hybridized carbons (Fsp3) is 0.381. The van der Waals surface area contributed by atoms with Crippen molar-refractivity contribution < 1.29 is 23.9 Å². The van der Waals surface area contributed by atoms with Crippen molar-refractivity contribution in [2.75, 3.05) is 5.32 Å². The maximum absolute atomic E-state index is 12.6. The zero-order valence-corrected chi connectivity index (χ0v) is 16.1. The van der Waals surface area contributed by atoms with E-state index in [0.717, 1.165) is 4.90 Å². The highest BCUT2D eigenvalue weighted by Crippen LogP contribution is 2.36. The summed E-state index contributed by atoms with van der Waals surface area (Å²) in [5.74, 6) is -3.10. The number of ether oxygens (including phenoxy) is 1. The Morgan fingerprint density at radius 2 is 1.72 bits per heavy atom. The first kappa shape index (κ1) is 20.3. The largest absolute Gasteiger partial charge is 0.451 e. The summed E-state index contributed by atoms with van der Waals surface area (Å²) in [6.45, 7) is 2.80. The van der Waals surface area contributed by atoms with Gasteiger partial charge in [-0.05, 0) is 38.8 Å². The third kappa shape index (κ3) is 3.90. The first-order valence-corrected chi connectivity index (χ1v) is 9.37. The van der Waals surface area contributed by atoms with Gasteiger partial charge in [0.05, 0.1) is 23.1 Å². The number of benzene rings is 1. The fourth-order valence-electron chi connectivity index (χ4n) is 3.56. The van der Waals surface area contributed by atoms with Gasteiger partial charge in [0, 0.05) is 0 Å². The van der Waals surface area contributed by atoms with Gasteiger partial charge in [-0.25, -0.2) is 4.79 Å². The van der Waals surface area contributed by atoms with E-state index in [-0.39, 0.29) is 17.4 Å². The van der Waals surface area contributed by atoms with Crippen LogP contribution in [0.4, 0.5) is 5.69 Å². The molecule has 4 atom stereocenters. The Bertz CT molecular complexity index is 906. The number of hydrogen-bond acceptors (Lipinski definition) is 6. The number of imide groups is 1. The fourth-order valence-corrected chi connectivity index (χ4v) is 3.56. The lowest BCUT2D eigenvalue weighted by Crippen LogP contribution is -2.46. The van der Waals surface area contributed by atoms with Gasteiger partial charge in [-0.3, -0.25) is 19.3 Å². The highest BCUT2D eigenvalue weighted by molar-refractivity contribution is 6.08. The number of allylic oxidation sites excluding steroid dienone is 2. The molecule has 1 aromatic rings. The van der Waals surface area contributed by atoms with Crippen molar-refractivity contribution in [1.82, 2.24) is 4.90 Å². The normalized spacial score (nSPS) is 22.4. The molecular formula is C21H21N3O5. The summed E-state index contributed by atoms with van der Waals surface area (Å²) in [6, 6.07) is 7.27. The van der Waals surface area contributed by atoms with Crippen LogP contribution in [0.25, 0.3) is 0 Å². The minimum atomic E-state index is -1.17. The average Bonchev–Trinajstić information content (AvgIpc) is 2.98. The monoisotopic (exact) mass is 395 g/mol. The molecule has 1 aliphatic carbocycles. The lowest BCUT2D eigenvalue weighted by Gasteiger charge is -2.23. The highest BCUT2D eigenvalue weighted by atomic mass is 16.5. The van der Waals surface area contributed by atoms with Crippen LogP contribution >= 0.6 is 0 Å². The van der Waals surface area contributed by atoms with E-state index in [1.54, 1.807) is 24.3 Å². The standard InChI is InChI=1S/C21H21N3O5/c1-12(24-19(26)15-8-4-5-9-16(15)20(24)27)21(28)29-13(2)18(25)23-17-10-6-3-7-14(17)11-22/h3-7,10,12-13,15-16H,8-9H2,1-2H3,(H,23,25)/t12-,13-,15-,16+/m1/s1. The molecule has 0 saturated carbocycles. The topological polar surface area (TPSA) is 117 Å². The van der Waals surface area contributed by atoms with E-state index in [4.69, 9.17) is 10.00 Å². The Hall–Kier alpha value is -3.47. The van der Waals surface area contributed by atoms with Gasteiger partial charge in [-0.15, -0.1) is 0 Å². The van der Waals surface area contributed by atoms with Gasteiger partial charge in [-0.1, -0.05) is 24.3 Å². The van der Waals surface area contributed by atoms with Crippen LogP contribution in [0.5, 0.6) is 0 Å². The minimum absolute atomic E-state index is 0.275. The van der Waals surface area contributed by atoms with Gasteiger partial charge < -0.3 is 10.1 Å². The number of hydrogen-bond donors (Lipinski definition) is 1. The SMILES string of the molecule is C[C@H](C(=O)O[C@H](C)C(=O)Nc1ccccc1C#N)N1C(=O)[C@H]2CC=CC[C@H]2C1=O. The van der Waals surface area contributed by atoms with Crippen molar-refractivity contribution in [3.8, 4) is 6.07 Å². The molecular weight excluding hydrogens is 374 g/mol. The number of nitrogens with zero attached hydrogens (tertiary/aromatic N) is 2. The Balaban J connectivity index is 1.63. The molecule has 1 heterocycles. The molecule has 1 saturated heterocycles. The Morgan fingerprint density at radius 1 is 1.14 bits per heavy atom. The predicted octanol–water partition coefficient (Wildman–Crippen LogP) is 1.77. The van der Waals surface area contributed by atoms with Gasteiger partial charge in [0.2, 0.25) is 11.8 Å². The smallest absolute Gasteiger partial charge is 0.329 e. The molecule has 0 aromatic heterocycles. The Kier molecular flexibility index (Phi) is 5.78. The molecule has 8 nitrogen and oxygen atoms in total. The summed E-state index contributed by atoms with van der Waals surface area (Å²) in [5, 5.41) is 11.6. The van der Waals surface area contributed by atoms with Gasteiger partial charge in [-0.2, -0.15) is 5.26 Å². The van der Waals surface area contributed by atoms with E-state index in [0.29, 0.717) is 18.5 Å². The minimum Gasteiger partial charge on any atom is -0.451 e. The molecule has 0 spiro atoms. The molecule has 150 valence electrons. The summed E-state index contributed by atoms with van der Waals surface area (Å²) >= 11 is 0. The van der Waals surface area contributed by atoms with Crippen molar-refractivity contribution in [1.29, 1.82) is 5.26 Å². The number of fused-ring (bicyclic) bond motifs is 1. The Morgan fingerprint density at radius 3 is 2.31 bits per heavy atom. The van der Waals surface area contributed by atoms with E-state index in [1.807, 2.05) is 18.2 Å². The second-order valence-electron chi connectivity index (χ2n) is 7.10. The van der Waals surface area contributed by atoms with E-state index in [1.165, 1.54) is 13.8 Å². The Labute approximate surface area is 168 Å². The molecule has 1 aliphatic heterocycles. The van der Waals surface area contributed by atoms with Crippen LogP contribution in [-0.2, 0) is 23.9 Å². The van der Waals surface area contributed by atoms with Crippen LogP contribution < -0.4 is 5.32 Å². The molecule has 2 aliphatic rings. The number of amides is 3. The molecule has 3 amide bonds. The number of carbonyl (C=O) groups excluding carboxylic acids is 4. The molecule has 8 heteroatoms. The van der Waals surface area contributed by atoms with Crippen molar-refractivity contribution in [3.63, 3.8) is 0 Å². The van der Waals surface area contributed by atoms with E-state index in [2.05, 4.69) is 5.32 Å². The van der Waals surface area contributed by atoms with E-state index < -0.39 is 35.9 Å². The number of nitriles is 1. The van der Waals surface area contributed by atoms with Crippen LogP contribution in [0, 0.1) is 23.2 Å². The van der Waals surface area contributed by atoms with Gasteiger partial charge in [0.25, 0.3) is 5.91 Å².